The van der Waals surface area contributed by atoms with E-state index in [2.05, 4.69) is 38.1 Å². The third-order valence-corrected chi connectivity index (χ3v) is 3.55. The Morgan fingerprint density at radius 2 is 1.81 bits per heavy atom. The molecule has 1 aromatic rings. The van der Waals surface area contributed by atoms with Gasteiger partial charge in [-0.05, 0) is 29.9 Å². The Balaban J connectivity index is 2.46. The van der Waals surface area contributed by atoms with Crippen LogP contribution >= 0.6 is 11.8 Å². The normalized spacial score (nSPS) is 12.7. The lowest BCUT2D eigenvalue weighted by Crippen LogP contribution is -1.97. The van der Waals surface area contributed by atoms with E-state index >= 15 is 0 Å². The molecule has 1 nitrogen and oxygen atoms in total. The van der Waals surface area contributed by atoms with Crippen molar-refractivity contribution in [2.75, 3.05) is 5.75 Å². The molecule has 0 aliphatic heterocycles. The minimum atomic E-state index is -0.285. The average Bonchev–Trinajstić information content (AvgIpc) is 2.30. The molecule has 1 rings (SSSR count). The molecule has 0 radical (unpaired) electrons. The lowest BCUT2D eigenvalue weighted by Gasteiger charge is -2.11. The van der Waals surface area contributed by atoms with Crippen molar-refractivity contribution in [3.8, 4) is 0 Å². The van der Waals surface area contributed by atoms with Gasteiger partial charge in [0.25, 0.3) is 0 Å². The van der Waals surface area contributed by atoms with Crippen molar-refractivity contribution in [3.63, 3.8) is 0 Å². The molecule has 0 aliphatic rings. The average molecular weight is 238 g/mol. The summed E-state index contributed by atoms with van der Waals surface area (Å²) in [5.74, 6) is 1.10. The van der Waals surface area contributed by atoms with Crippen LogP contribution < -0.4 is 0 Å². The summed E-state index contributed by atoms with van der Waals surface area (Å²) in [6.07, 6.45) is 4.13. The number of aliphatic hydroxyl groups is 1. The maximum atomic E-state index is 9.96. The van der Waals surface area contributed by atoms with Gasteiger partial charge in [0, 0.05) is 4.90 Å². The van der Waals surface area contributed by atoms with Gasteiger partial charge in [0.2, 0.25) is 0 Å². The SMILES string of the molecule is CCCCCC(O)c1ccc(SCC)cc1. The molecule has 90 valence electrons. The first kappa shape index (κ1) is 13.6. The molecule has 0 spiro atoms. The summed E-state index contributed by atoms with van der Waals surface area (Å²) < 4.78 is 0. The molecular formula is C14H22OS. The van der Waals surface area contributed by atoms with Crippen molar-refractivity contribution >= 4 is 11.8 Å². The number of hydrogen-bond donors (Lipinski definition) is 1. The van der Waals surface area contributed by atoms with E-state index in [1.165, 1.54) is 17.7 Å². The van der Waals surface area contributed by atoms with Gasteiger partial charge in [0.1, 0.15) is 0 Å². The number of rotatable bonds is 7. The Morgan fingerprint density at radius 1 is 1.12 bits per heavy atom. The van der Waals surface area contributed by atoms with Crippen molar-refractivity contribution in [2.24, 2.45) is 0 Å². The van der Waals surface area contributed by atoms with E-state index in [0.29, 0.717) is 0 Å². The van der Waals surface area contributed by atoms with Gasteiger partial charge in [-0.15, -0.1) is 11.8 Å². The fourth-order valence-electron chi connectivity index (χ4n) is 1.71. The summed E-state index contributed by atoms with van der Waals surface area (Å²) in [5.41, 5.74) is 1.05. The van der Waals surface area contributed by atoms with Crippen molar-refractivity contribution in [1.29, 1.82) is 0 Å². The second kappa shape index (κ2) is 7.75. The monoisotopic (exact) mass is 238 g/mol. The molecule has 1 atom stereocenters. The van der Waals surface area contributed by atoms with Crippen LogP contribution in [-0.2, 0) is 0 Å². The zero-order valence-electron chi connectivity index (χ0n) is 10.3. The molecule has 16 heavy (non-hydrogen) atoms. The number of hydrogen-bond acceptors (Lipinski definition) is 2. The van der Waals surface area contributed by atoms with E-state index in [-0.39, 0.29) is 6.10 Å². The summed E-state index contributed by atoms with van der Waals surface area (Å²) in [6.45, 7) is 4.33. The molecule has 0 aliphatic carbocycles. The van der Waals surface area contributed by atoms with Crippen molar-refractivity contribution in [2.45, 2.75) is 50.5 Å². The lowest BCUT2D eigenvalue weighted by atomic mass is 10.0. The Hall–Kier alpha value is -0.470. The molecule has 0 bridgehead atoms. The first-order valence-electron chi connectivity index (χ1n) is 6.18. The van der Waals surface area contributed by atoms with Gasteiger partial charge < -0.3 is 5.11 Å². The van der Waals surface area contributed by atoms with Gasteiger partial charge in [-0.2, -0.15) is 0 Å². The molecule has 1 unspecified atom stereocenters. The maximum Gasteiger partial charge on any atom is 0.0790 e. The number of unbranched alkanes of at least 4 members (excludes halogenated alkanes) is 2. The van der Waals surface area contributed by atoms with E-state index in [1.54, 1.807) is 0 Å². The van der Waals surface area contributed by atoms with Crippen molar-refractivity contribution in [1.82, 2.24) is 0 Å². The highest BCUT2D eigenvalue weighted by Gasteiger charge is 2.06. The standard InChI is InChI=1S/C14H22OS/c1-3-5-6-7-14(15)12-8-10-13(11-9-12)16-4-2/h8-11,14-15H,3-7H2,1-2H3. The van der Waals surface area contributed by atoms with Crippen LogP contribution in [0.4, 0.5) is 0 Å². The largest absolute Gasteiger partial charge is 0.388 e. The summed E-state index contributed by atoms with van der Waals surface area (Å²) in [4.78, 5) is 1.28. The molecule has 2 heteroatoms. The van der Waals surface area contributed by atoms with E-state index in [4.69, 9.17) is 0 Å². The number of thioether (sulfide) groups is 1. The van der Waals surface area contributed by atoms with E-state index in [9.17, 15) is 5.11 Å². The van der Waals surface area contributed by atoms with Gasteiger partial charge in [0.05, 0.1) is 6.10 Å². The molecule has 0 amide bonds. The van der Waals surface area contributed by atoms with E-state index in [1.807, 2.05) is 11.8 Å². The summed E-state index contributed by atoms with van der Waals surface area (Å²) in [7, 11) is 0. The van der Waals surface area contributed by atoms with Crippen molar-refractivity contribution < 1.29 is 5.11 Å². The highest BCUT2D eigenvalue weighted by molar-refractivity contribution is 7.99. The predicted octanol–water partition coefficient (Wildman–Crippen LogP) is 4.41. The molecule has 1 N–H and O–H groups in total. The third-order valence-electron chi connectivity index (χ3n) is 2.66. The number of aliphatic hydroxyl groups excluding tert-OH is 1. The van der Waals surface area contributed by atoms with Gasteiger partial charge >= 0.3 is 0 Å². The molecule has 0 aromatic heterocycles. The smallest absolute Gasteiger partial charge is 0.0790 e. The van der Waals surface area contributed by atoms with E-state index < -0.39 is 0 Å². The summed E-state index contributed by atoms with van der Waals surface area (Å²) in [5, 5.41) is 9.96. The Kier molecular flexibility index (Phi) is 6.58. The van der Waals surface area contributed by atoms with Crippen LogP contribution in [0.2, 0.25) is 0 Å². The van der Waals surface area contributed by atoms with Crippen LogP contribution in [-0.4, -0.2) is 10.9 Å². The van der Waals surface area contributed by atoms with Crippen LogP contribution in [0.1, 0.15) is 51.2 Å². The third kappa shape index (κ3) is 4.58. The van der Waals surface area contributed by atoms with Crippen LogP contribution in [0.5, 0.6) is 0 Å². The molecular weight excluding hydrogens is 216 g/mol. The Bertz CT molecular complexity index is 281. The number of benzene rings is 1. The zero-order chi connectivity index (χ0) is 11.8. The first-order valence-corrected chi connectivity index (χ1v) is 7.17. The van der Waals surface area contributed by atoms with Gasteiger partial charge in [-0.25, -0.2) is 0 Å². The minimum Gasteiger partial charge on any atom is -0.388 e. The fraction of sp³-hybridized carbons (Fsp3) is 0.571. The molecule has 0 saturated heterocycles. The quantitative estimate of drug-likeness (QED) is 0.561. The van der Waals surface area contributed by atoms with Crippen LogP contribution in [0.3, 0.4) is 0 Å². The zero-order valence-corrected chi connectivity index (χ0v) is 11.1. The highest BCUT2D eigenvalue weighted by Crippen LogP contribution is 2.23. The lowest BCUT2D eigenvalue weighted by molar-refractivity contribution is 0.163. The second-order valence-electron chi connectivity index (χ2n) is 4.01. The highest BCUT2D eigenvalue weighted by atomic mass is 32.2. The summed E-state index contributed by atoms with van der Waals surface area (Å²) in [6, 6.07) is 8.31. The molecule has 1 aromatic carbocycles. The van der Waals surface area contributed by atoms with Crippen LogP contribution in [0.25, 0.3) is 0 Å². The van der Waals surface area contributed by atoms with Gasteiger partial charge in [-0.1, -0.05) is 45.2 Å². The first-order chi connectivity index (χ1) is 7.77. The van der Waals surface area contributed by atoms with Crippen LogP contribution in [0.15, 0.2) is 29.2 Å². The molecule has 0 fully saturated rings. The van der Waals surface area contributed by atoms with E-state index in [0.717, 1.165) is 24.2 Å². The molecule has 0 saturated carbocycles. The Morgan fingerprint density at radius 3 is 2.38 bits per heavy atom. The maximum absolute atomic E-state index is 9.96. The summed E-state index contributed by atoms with van der Waals surface area (Å²) >= 11 is 1.84. The molecule has 0 heterocycles. The topological polar surface area (TPSA) is 20.2 Å². The van der Waals surface area contributed by atoms with Gasteiger partial charge in [0.15, 0.2) is 0 Å². The second-order valence-corrected chi connectivity index (χ2v) is 5.35. The fourth-order valence-corrected chi connectivity index (χ4v) is 2.37. The Labute approximate surface area is 103 Å². The minimum absolute atomic E-state index is 0.285. The van der Waals surface area contributed by atoms with Crippen molar-refractivity contribution in [3.05, 3.63) is 29.8 Å². The van der Waals surface area contributed by atoms with Gasteiger partial charge in [-0.3, -0.25) is 0 Å². The predicted molar refractivity (Wildman–Crippen MR) is 71.9 cm³/mol. The van der Waals surface area contributed by atoms with Crippen LogP contribution in [0, 0.1) is 0 Å².